The summed E-state index contributed by atoms with van der Waals surface area (Å²) in [6, 6.07) is 16.8. The fourth-order valence-electron chi connectivity index (χ4n) is 5.87. The number of nitrogens with one attached hydrogen (secondary N) is 2. The van der Waals surface area contributed by atoms with Gasteiger partial charge in [-0.1, -0.05) is 67.9 Å². The van der Waals surface area contributed by atoms with Crippen LogP contribution in [0.3, 0.4) is 0 Å². The van der Waals surface area contributed by atoms with Crippen LogP contribution in [0.5, 0.6) is 0 Å². The van der Waals surface area contributed by atoms with Crippen LogP contribution in [0.25, 0.3) is 11.1 Å². The number of hydrogen-bond donors (Lipinski definition) is 3. The topological polar surface area (TPSA) is 73.8 Å². The van der Waals surface area contributed by atoms with Crippen LogP contribution in [-0.2, 0) is 10.3 Å². The molecule has 0 aliphatic carbocycles. The maximum atomic E-state index is 13.4. The molecule has 1 aliphatic rings. The molecule has 2 aromatic rings. The SMILES string of the molecule is CNC[C@H](CC(C)C)NC(=O)N1CCC[C@@H]([C@@](O)(CCCCOC)c2ccccc2-c2ccc(C)cc2)C1. The molecule has 0 radical (unpaired) electrons. The number of likely N-dealkylation sites (tertiary alicyclic amines) is 1. The van der Waals surface area contributed by atoms with Gasteiger partial charge in [0, 0.05) is 45.3 Å². The molecule has 1 heterocycles. The summed E-state index contributed by atoms with van der Waals surface area (Å²) in [5, 5.41) is 19.0. The molecule has 0 bridgehead atoms. The lowest BCUT2D eigenvalue weighted by molar-refractivity contribution is -0.0559. The first-order chi connectivity index (χ1) is 18.3. The molecule has 210 valence electrons. The van der Waals surface area contributed by atoms with Crippen molar-refractivity contribution in [2.75, 3.05) is 40.4 Å². The zero-order valence-electron chi connectivity index (χ0n) is 24.1. The minimum Gasteiger partial charge on any atom is -0.385 e. The van der Waals surface area contributed by atoms with Gasteiger partial charge in [-0.25, -0.2) is 4.79 Å². The first-order valence-electron chi connectivity index (χ1n) is 14.4. The maximum absolute atomic E-state index is 13.4. The van der Waals surface area contributed by atoms with E-state index in [1.165, 1.54) is 5.56 Å². The molecule has 6 heteroatoms. The number of ether oxygens (including phenoxy) is 1. The molecule has 0 aromatic heterocycles. The Morgan fingerprint density at radius 3 is 2.58 bits per heavy atom. The molecule has 3 atom stereocenters. The van der Waals surface area contributed by atoms with Crippen LogP contribution in [0.15, 0.2) is 48.5 Å². The van der Waals surface area contributed by atoms with E-state index in [1.807, 2.05) is 24.1 Å². The smallest absolute Gasteiger partial charge is 0.317 e. The van der Waals surface area contributed by atoms with E-state index in [4.69, 9.17) is 4.74 Å². The number of urea groups is 1. The van der Waals surface area contributed by atoms with E-state index < -0.39 is 5.60 Å². The standard InChI is InChI=1S/C32H49N3O3/c1-24(2)21-28(22-33-4)34-31(36)35-19-10-11-27(23-35)32(37,18-8-9-20-38-5)30-13-7-6-12-29(30)26-16-14-25(3)15-17-26/h6-7,12-17,24,27-28,33,37H,8-11,18-23H2,1-5H3,(H,34,36)/t27-,28+,32+/m1/s1. The lowest BCUT2D eigenvalue weighted by Crippen LogP contribution is -2.54. The van der Waals surface area contributed by atoms with E-state index in [9.17, 15) is 9.90 Å². The van der Waals surface area contributed by atoms with E-state index in [0.29, 0.717) is 25.5 Å². The normalized spacial score (nSPS) is 18.3. The number of amides is 2. The molecule has 6 nitrogen and oxygen atoms in total. The van der Waals surface area contributed by atoms with Gasteiger partial charge in [0.05, 0.1) is 5.60 Å². The first-order valence-corrected chi connectivity index (χ1v) is 14.4. The van der Waals surface area contributed by atoms with Crippen molar-refractivity contribution >= 4 is 6.03 Å². The monoisotopic (exact) mass is 523 g/mol. The molecule has 1 saturated heterocycles. The van der Waals surface area contributed by atoms with E-state index in [0.717, 1.165) is 61.9 Å². The first kappa shape index (κ1) is 30.1. The number of carbonyl (C=O) groups excluding carboxylic acids is 1. The molecule has 38 heavy (non-hydrogen) atoms. The molecule has 2 amide bonds. The summed E-state index contributed by atoms with van der Waals surface area (Å²) in [5.74, 6) is 0.446. The summed E-state index contributed by atoms with van der Waals surface area (Å²) >= 11 is 0. The van der Waals surface area contributed by atoms with Crippen LogP contribution in [0, 0.1) is 18.8 Å². The number of piperidine rings is 1. The number of carbonyl (C=O) groups is 1. The van der Waals surface area contributed by atoms with Gasteiger partial charge >= 0.3 is 6.03 Å². The summed E-state index contributed by atoms with van der Waals surface area (Å²) in [4.78, 5) is 15.3. The van der Waals surface area contributed by atoms with Gasteiger partial charge in [-0.2, -0.15) is 0 Å². The van der Waals surface area contributed by atoms with Gasteiger partial charge in [-0.3, -0.25) is 0 Å². The highest BCUT2D eigenvalue weighted by atomic mass is 16.5. The second-order valence-electron chi connectivity index (χ2n) is 11.4. The van der Waals surface area contributed by atoms with E-state index in [2.05, 4.69) is 67.8 Å². The average molecular weight is 524 g/mol. The van der Waals surface area contributed by atoms with Crippen LogP contribution >= 0.6 is 0 Å². The zero-order chi connectivity index (χ0) is 27.5. The number of rotatable bonds is 13. The van der Waals surface area contributed by atoms with Gasteiger partial charge in [0.1, 0.15) is 0 Å². The van der Waals surface area contributed by atoms with Gasteiger partial charge in [0.25, 0.3) is 0 Å². The molecule has 3 rings (SSSR count). The Bertz CT molecular complexity index is 994. The molecule has 2 aromatic carbocycles. The highest BCUT2D eigenvalue weighted by Crippen LogP contribution is 2.43. The highest BCUT2D eigenvalue weighted by Gasteiger charge is 2.42. The van der Waals surface area contributed by atoms with Crippen molar-refractivity contribution in [3.63, 3.8) is 0 Å². The Labute approximate surface area is 230 Å². The van der Waals surface area contributed by atoms with Gasteiger partial charge in [-0.15, -0.1) is 0 Å². The quantitative estimate of drug-likeness (QED) is 0.294. The van der Waals surface area contributed by atoms with Crippen LogP contribution in [0.4, 0.5) is 4.79 Å². The van der Waals surface area contributed by atoms with E-state index in [-0.39, 0.29) is 18.0 Å². The van der Waals surface area contributed by atoms with Crippen molar-refractivity contribution in [3.8, 4) is 11.1 Å². The van der Waals surface area contributed by atoms with E-state index >= 15 is 0 Å². The van der Waals surface area contributed by atoms with Crippen molar-refractivity contribution in [2.24, 2.45) is 11.8 Å². The van der Waals surface area contributed by atoms with Gasteiger partial charge < -0.3 is 25.4 Å². The number of unbranched alkanes of at least 4 members (excludes halogenated alkanes) is 1. The number of methoxy groups -OCH3 is 1. The summed E-state index contributed by atoms with van der Waals surface area (Å²) in [6.45, 7) is 9.14. The molecule has 3 N–H and O–H groups in total. The predicted octanol–water partition coefficient (Wildman–Crippen LogP) is 5.72. The van der Waals surface area contributed by atoms with Crippen molar-refractivity contribution in [3.05, 3.63) is 59.7 Å². The van der Waals surface area contributed by atoms with Crippen molar-refractivity contribution in [2.45, 2.75) is 70.9 Å². The average Bonchev–Trinajstić information content (AvgIpc) is 2.91. The molecule has 0 spiro atoms. The summed E-state index contributed by atoms with van der Waals surface area (Å²) in [7, 11) is 3.64. The van der Waals surface area contributed by atoms with Gasteiger partial charge in [0.15, 0.2) is 0 Å². The third-order valence-corrected chi connectivity index (χ3v) is 7.83. The van der Waals surface area contributed by atoms with E-state index in [1.54, 1.807) is 7.11 Å². The summed E-state index contributed by atoms with van der Waals surface area (Å²) in [5.41, 5.74) is 3.30. The Balaban J connectivity index is 1.89. The van der Waals surface area contributed by atoms with Crippen LogP contribution in [0.2, 0.25) is 0 Å². The minimum absolute atomic E-state index is 0.0239. The molecule has 0 saturated carbocycles. The Morgan fingerprint density at radius 1 is 1.16 bits per heavy atom. The fraction of sp³-hybridized carbons (Fsp3) is 0.594. The maximum Gasteiger partial charge on any atom is 0.317 e. The second kappa shape index (κ2) is 14.7. The molecular weight excluding hydrogens is 474 g/mol. The van der Waals surface area contributed by atoms with Crippen LogP contribution in [-0.4, -0.2) is 62.5 Å². The number of benzene rings is 2. The number of aryl methyl sites for hydroxylation is 1. The third kappa shape index (κ3) is 8.05. The third-order valence-electron chi connectivity index (χ3n) is 7.83. The lowest BCUT2D eigenvalue weighted by atomic mass is 9.72. The number of hydrogen-bond acceptors (Lipinski definition) is 4. The number of nitrogens with zero attached hydrogens (tertiary/aromatic N) is 1. The molecule has 1 aliphatic heterocycles. The Kier molecular flexibility index (Phi) is 11.6. The van der Waals surface area contributed by atoms with Gasteiger partial charge in [-0.05, 0) is 75.1 Å². The Morgan fingerprint density at radius 2 is 1.89 bits per heavy atom. The molecule has 0 unspecified atom stereocenters. The number of aliphatic hydroxyl groups is 1. The zero-order valence-corrected chi connectivity index (χ0v) is 24.1. The van der Waals surface area contributed by atoms with Crippen LogP contribution in [0.1, 0.15) is 63.5 Å². The minimum atomic E-state index is -1.05. The predicted molar refractivity (Wildman–Crippen MR) is 156 cm³/mol. The van der Waals surface area contributed by atoms with Gasteiger partial charge in [0.2, 0.25) is 0 Å². The largest absolute Gasteiger partial charge is 0.385 e. The van der Waals surface area contributed by atoms with Crippen LogP contribution < -0.4 is 10.6 Å². The lowest BCUT2D eigenvalue weighted by Gasteiger charge is -2.44. The van der Waals surface area contributed by atoms with Crippen molar-refractivity contribution in [1.82, 2.24) is 15.5 Å². The molecule has 1 fully saturated rings. The summed E-state index contributed by atoms with van der Waals surface area (Å²) in [6.07, 6.45) is 5.08. The Hall–Kier alpha value is -2.41. The number of likely N-dealkylation sites (N-methyl/N-ethyl adjacent to an activating group) is 1. The molecular formula is C32H49N3O3. The highest BCUT2D eigenvalue weighted by molar-refractivity contribution is 5.75. The fourth-order valence-corrected chi connectivity index (χ4v) is 5.87. The second-order valence-corrected chi connectivity index (χ2v) is 11.4. The summed E-state index contributed by atoms with van der Waals surface area (Å²) < 4.78 is 5.30. The van der Waals surface area contributed by atoms with Crippen molar-refractivity contribution < 1.29 is 14.6 Å². The van der Waals surface area contributed by atoms with Crippen molar-refractivity contribution in [1.29, 1.82) is 0 Å².